The van der Waals surface area contributed by atoms with Crippen LogP contribution in [-0.4, -0.2) is 44.2 Å². The molecule has 0 aromatic heterocycles. The van der Waals surface area contributed by atoms with Crippen molar-refractivity contribution in [2.75, 3.05) is 26.4 Å². The summed E-state index contributed by atoms with van der Waals surface area (Å²) >= 11 is 0. The molecule has 0 aromatic rings. The number of carbonyl (C=O) groups excluding carboxylic acids is 1. The van der Waals surface area contributed by atoms with Crippen LogP contribution in [0.15, 0.2) is 0 Å². The lowest BCUT2D eigenvalue weighted by molar-refractivity contribution is 0.0340. The maximum atomic E-state index is 11.6. The van der Waals surface area contributed by atoms with Gasteiger partial charge >= 0.3 is 6.09 Å². The van der Waals surface area contributed by atoms with Gasteiger partial charge in [0.05, 0.1) is 19.3 Å². The van der Waals surface area contributed by atoms with Crippen molar-refractivity contribution in [1.82, 2.24) is 5.32 Å². The summed E-state index contributed by atoms with van der Waals surface area (Å²) in [4.78, 5) is 11.6. The van der Waals surface area contributed by atoms with Crippen molar-refractivity contribution >= 4 is 6.09 Å². The lowest BCUT2D eigenvalue weighted by Crippen LogP contribution is -2.44. The molecule has 0 aliphatic heterocycles. The van der Waals surface area contributed by atoms with Crippen LogP contribution >= 0.6 is 0 Å². The van der Waals surface area contributed by atoms with Crippen LogP contribution < -0.4 is 5.32 Å². The Morgan fingerprint density at radius 3 is 2.44 bits per heavy atom. The number of nitrogens with one attached hydrogen (secondary N) is 1. The Balaban J connectivity index is 4.13. The summed E-state index contributed by atoms with van der Waals surface area (Å²) in [5, 5.41) is 2.69. The van der Waals surface area contributed by atoms with Crippen molar-refractivity contribution in [1.29, 1.82) is 0 Å². The molecule has 5 heteroatoms. The van der Waals surface area contributed by atoms with Gasteiger partial charge in [-0.2, -0.15) is 0 Å². The molecule has 0 fully saturated rings. The van der Waals surface area contributed by atoms with E-state index in [0.717, 1.165) is 0 Å². The van der Waals surface area contributed by atoms with E-state index in [-0.39, 0.29) is 12.6 Å². The molecule has 0 bridgehead atoms. The Kier molecular flexibility index (Phi) is 8.17. The first-order valence-corrected chi connectivity index (χ1v) is 5.97. The Morgan fingerprint density at radius 1 is 1.33 bits per heavy atom. The monoisotopic (exact) mass is 257 g/mol. The Labute approximate surface area is 109 Å². The predicted octanol–water partition coefficient (Wildman–Crippen LogP) is 1.57. The highest BCUT2D eigenvalue weighted by Crippen LogP contribution is 2.06. The minimum Gasteiger partial charge on any atom is -0.444 e. The Bertz CT molecular complexity index is 278. The molecule has 1 amide bonds. The molecular formula is C13H23NO4. The summed E-state index contributed by atoms with van der Waals surface area (Å²) < 4.78 is 15.6. The normalized spacial score (nSPS) is 12.6. The van der Waals surface area contributed by atoms with Gasteiger partial charge in [0, 0.05) is 6.61 Å². The van der Waals surface area contributed by atoms with Crippen LogP contribution in [0.5, 0.6) is 0 Å². The predicted molar refractivity (Wildman–Crippen MR) is 69.3 cm³/mol. The smallest absolute Gasteiger partial charge is 0.408 e. The molecule has 0 aromatic carbocycles. The highest BCUT2D eigenvalue weighted by molar-refractivity contribution is 5.68. The second kappa shape index (κ2) is 8.78. The summed E-state index contributed by atoms with van der Waals surface area (Å²) in [6, 6.07) is -0.270. The lowest BCUT2D eigenvalue weighted by atomic mass is 10.2. The molecule has 1 unspecified atom stereocenters. The summed E-state index contributed by atoms with van der Waals surface area (Å²) in [5.41, 5.74) is -0.528. The van der Waals surface area contributed by atoms with E-state index in [9.17, 15) is 4.79 Å². The van der Waals surface area contributed by atoms with Crippen LogP contribution in [0.2, 0.25) is 0 Å². The van der Waals surface area contributed by atoms with Crippen molar-refractivity contribution in [3.8, 4) is 12.3 Å². The third-order valence-corrected chi connectivity index (χ3v) is 1.75. The second-order valence-electron chi connectivity index (χ2n) is 4.72. The molecule has 1 atom stereocenters. The van der Waals surface area contributed by atoms with Crippen molar-refractivity contribution in [2.45, 2.75) is 39.3 Å². The number of terminal acetylenes is 1. The molecule has 0 rings (SSSR count). The Hall–Kier alpha value is -1.25. The first-order chi connectivity index (χ1) is 8.39. The van der Waals surface area contributed by atoms with Gasteiger partial charge in [-0.3, -0.25) is 0 Å². The fraction of sp³-hybridized carbons (Fsp3) is 0.769. The van der Waals surface area contributed by atoms with Gasteiger partial charge in [-0.1, -0.05) is 5.92 Å². The highest BCUT2D eigenvalue weighted by atomic mass is 16.6. The topological polar surface area (TPSA) is 56.8 Å². The zero-order valence-electron chi connectivity index (χ0n) is 11.6. The molecule has 18 heavy (non-hydrogen) atoms. The number of rotatable bonds is 7. The number of ether oxygens (including phenoxy) is 3. The van der Waals surface area contributed by atoms with Crippen LogP contribution in [0.3, 0.4) is 0 Å². The number of hydrogen-bond acceptors (Lipinski definition) is 4. The third-order valence-electron chi connectivity index (χ3n) is 1.75. The number of amides is 1. The number of hydrogen-bond donors (Lipinski definition) is 1. The molecule has 0 spiro atoms. The maximum absolute atomic E-state index is 11.6. The largest absolute Gasteiger partial charge is 0.444 e. The molecule has 0 saturated heterocycles. The van der Waals surface area contributed by atoms with Crippen LogP contribution in [0.1, 0.15) is 27.7 Å². The van der Waals surface area contributed by atoms with Gasteiger partial charge in [0.15, 0.2) is 0 Å². The van der Waals surface area contributed by atoms with E-state index in [1.54, 1.807) is 20.8 Å². The van der Waals surface area contributed by atoms with E-state index in [0.29, 0.717) is 19.8 Å². The fourth-order valence-electron chi connectivity index (χ4n) is 1.13. The minimum atomic E-state index is -0.528. The molecule has 5 nitrogen and oxygen atoms in total. The zero-order chi connectivity index (χ0) is 14.0. The highest BCUT2D eigenvalue weighted by Gasteiger charge is 2.19. The summed E-state index contributed by atoms with van der Waals surface area (Å²) in [6.45, 7) is 8.73. The Morgan fingerprint density at radius 2 is 1.94 bits per heavy atom. The molecule has 0 heterocycles. The zero-order valence-corrected chi connectivity index (χ0v) is 11.6. The van der Waals surface area contributed by atoms with Crippen LogP contribution in [-0.2, 0) is 14.2 Å². The number of carbonyl (C=O) groups is 1. The van der Waals surface area contributed by atoms with Gasteiger partial charge in [0.1, 0.15) is 12.2 Å². The summed E-state index contributed by atoms with van der Waals surface area (Å²) in [6.07, 6.45) is 4.59. The van der Waals surface area contributed by atoms with Gasteiger partial charge in [-0.05, 0) is 27.7 Å². The van der Waals surface area contributed by atoms with E-state index < -0.39 is 11.7 Å². The van der Waals surface area contributed by atoms with Crippen molar-refractivity contribution in [2.24, 2.45) is 0 Å². The van der Waals surface area contributed by atoms with Crippen molar-refractivity contribution in [3.05, 3.63) is 0 Å². The van der Waals surface area contributed by atoms with E-state index in [1.165, 1.54) is 0 Å². The molecule has 1 N–H and O–H groups in total. The van der Waals surface area contributed by atoms with E-state index in [1.807, 2.05) is 6.92 Å². The molecule has 0 aliphatic rings. The molecule has 0 aliphatic carbocycles. The average molecular weight is 257 g/mol. The first-order valence-electron chi connectivity index (χ1n) is 5.97. The standard InChI is InChI=1S/C13H23NO4/c1-6-8-17-10-11(9-16-7-2)14-12(15)18-13(3,4)5/h1,11H,7-10H2,2-5H3,(H,14,15). The van der Waals surface area contributed by atoms with Crippen LogP contribution in [0.4, 0.5) is 4.79 Å². The molecular weight excluding hydrogens is 234 g/mol. The van der Waals surface area contributed by atoms with Gasteiger partial charge in [0.25, 0.3) is 0 Å². The SMILES string of the molecule is C#CCOCC(COCC)NC(=O)OC(C)(C)C. The maximum Gasteiger partial charge on any atom is 0.408 e. The second-order valence-corrected chi connectivity index (χ2v) is 4.72. The van der Waals surface area contributed by atoms with Crippen molar-refractivity contribution < 1.29 is 19.0 Å². The fourth-order valence-corrected chi connectivity index (χ4v) is 1.13. The van der Waals surface area contributed by atoms with E-state index >= 15 is 0 Å². The van der Waals surface area contributed by atoms with Crippen LogP contribution in [0.25, 0.3) is 0 Å². The van der Waals surface area contributed by atoms with Gasteiger partial charge < -0.3 is 19.5 Å². The molecule has 104 valence electrons. The lowest BCUT2D eigenvalue weighted by Gasteiger charge is -2.23. The van der Waals surface area contributed by atoms with E-state index in [2.05, 4.69) is 11.2 Å². The third kappa shape index (κ3) is 9.94. The average Bonchev–Trinajstić information content (AvgIpc) is 2.23. The van der Waals surface area contributed by atoms with E-state index in [4.69, 9.17) is 20.6 Å². The number of alkyl carbamates (subject to hydrolysis) is 1. The summed E-state index contributed by atoms with van der Waals surface area (Å²) in [7, 11) is 0. The van der Waals surface area contributed by atoms with Gasteiger partial charge in [-0.25, -0.2) is 4.79 Å². The quantitative estimate of drug-likeness (QED) is 0.555. The first kappa shape index (κ1) is 16.8. The van der Waals surface area contributed by atoms with Gasteiger partial charge in [-0.15, -0.1) is 6.42 Å². The minimum absolute atomic E-state index is 0.207. The molecule has 0 radical (unpaired) electrons. The van der Waals surface area contributed by atoms with Gasteiger partial charge in [0.2, 0.25) is 0 Å². The summed E-state index contributed by atoms with van der Waals surface area (Å²) in [5.74, 6) is 2.36. The van der Waals surface area contributed by atoms with Crippen molar-refractivity contribution in [3.63, 3.8) is 0 Å². The van der Waals surface area contributed by atoms with Crippen LogP contribution in [0, 0.1) is 12.3 Å². The molecule has 0 saturated carbocycles.